The van der Waals surface area contributed by atoms with Gasteiger partial charge >= 0.3 is 0 Å². The van der Waals surface area contributed by atoms with E-state index >= 15 is 0 Å². The SMILES string of the molecule is CCc1nc(CC)n(C(c2cccnc2)C(C)N)n1. The molecule has 0 aromatic carbocycles. The van der Waals surface area contributed by atoms with Gasteiger partial charge in [-0.25, -0.2) is 9.67 Å². The molecule has 0 bridgehead atoms. The van der Waals surface area contributed by atoms with Crippen molar-refractivity contribution in [3.05, 3.63) is 41.7 Å². The maximum absolute atomic E-state index is 6.16. The molecular weight excluding hydrogens is 238 g/mol. The Labute approximate surface area is 113 Å². The van der Waals surface area contributed by atoms with E-state index in [4.69, 9.17) is 5.73 Å². The first-order valence-corrected chi connectivity index (χ1v) is 6.77. The normalized spacial score (nSPS) is 14.3. The van der Waals surface area contributed by atoms with Gasteiger partial charge in [0.15, 0.2) is 5.82 Å². The van der Waals surface area contributed by atoms with Gasteiger partial charge in [-0.1, -0.05) is 19.9 Å². The van der Waals surface area contributed by atoms with Crippen molar-refractivity contribution in [3.63, 3.8) is 0 Å². The van der Waals surface area contributed by atoms with Crippen LogP contribution >= 0.6 is 0 Å². The Bertz CT molecular complexity index is 518. The molecule has 5 nitrogen and oxygen atoms in total. The molecule has 102 valence electrons. The first kappa shape index (κ1) is 13.7. The van der Waals surface area contributed by atoms with Gasteiger partial charge in [0.05, 0.1) is 6.04 Å². The number of rotatable bonds is 5. The summed E-state index contributed by atoms with van der Waals surface area (Å²) < 4.78 is 1.96. The summed E-state index contributed by atoms with van der Waals surface area (Å²) in [4.78, 5) is 8.73. The topological polar surface area (TPSA) is 69.6 Å². The summed E-state index contributed by atoms with van der Waals surface area (Å²) in [6.45, 7) is 6.13. The molecule has 2 heterocycles. The van der Waals surface area contributed by atoms with E-state index in [-0.39, 0.29) is 12.1 Å². The summed E-state index contributed by atoms with van der Waals surface area (Å²) in [5.41, 5.74) is 7.23. The van der Waals surface area contributed by atoms with E-state index in [0.717, 1.165) is 30.1 Å². The van der Waals surface area contributed by atoms with Crippen molar-refractivity contribution in [2.24, 2.45) is 5.73 Å². The van der Waals surface area contributed by atoms with Crippen molar-refractivity contribution in [2.75, 3.05) is 0 Å². The molecule has 19 heavy (non-hydrogen) atoms. The fourth-order valence-electron chi connectivity index (χ4n) is 2.24. The van der Waals surface area contributed by atoms with Gasteiger partial charge in [-0.05, 0) is 18.6 Å². The Morgan fingerprint density at radius 3 is 2.63 bits per heavy atom. The number of pyridine rings is 1. The molecule has 2 atom stereocenters. The minimum absolute atomic E-state index is 0.0172. The second-order valence-electron chi connectivity index (χ2n) is 4.69. The van der Waals surface area contributed by atoms with E-state index in [0.29, 0.717) is 0 Å². The van der Waals surface area contributed by atoms with Gasteiger partial charge in [0.1, 0.15) is 5.82 Å². The third-order valence-electron chi connectivity index (χ3n) is 3.17. The minimum atomic E-state index is -0.0547. The molecule has 0 spiro atoms. The maximum Gasteiger partial charge on any atom is 0.150 e. The summed E-state index contributed by atoms with van der Waals surface area (Å²) in [5.74, 6) is 1.84. The lowest BCUT2D eigenvalue weighted by molar-refractivity contribution is 0.435. The van der Waals surface area contributed by atoms with Crippen LogP contribution in [0.5, 0.6) is 0 Å². The lowest BCUT2D eigenvalue weighted by atomic mass is 10.0. The van der Waals surface area contributed by atoms with E-state index in [1.165, 1.54) is 0 Å². The van der Waals surface area contributed by atoms with Gasteiger partial charge in [0.2, 0.25) is 0 Å². The molecule has 2 N–H and O–H groups in total. The zero-order chi connectivity index (χ0) is 13.8. The summed E-state index contributed by atoms with van der Waals surface area (Å²) >= 11 is 0. The van der Waals surface area contributed by atoms with Gasteiger partial charge in [-0.15, -0.1) is 0 Å². The standard InChI is InChI=1S/C14H21N5/c1-4-12-17-13(5-2)19(18-12)14(10(3)15)11-7-6-8-16-9-11/h6-10,14H,4-5,15H2,1-3H3. The van der Waals surface area contributed by atoms with Crippen molar-refractivity contribution in [2.45, 2.75) is 45.7 Å². The Morgan fingerprint density at radius 1 is 1.32 bits per heavy atom. The minimum Gasteiger partial charge on any atom is -0.326 e. The second kappa shape index (κ2) is 5.93. The third kappa shape index (κ3) is 2.81. The number of hydrogen-bond donors (Lipinski definition) is 1. The highest BCUT2D eigenvalue weighted by Crippen LogP contribution is 2.21. The summed E-state index contributed by atoms with van der Waals surface area (Å²) in [6, 6.07) is 3.89. The first-order valence-electron chi connectivity index (χ1n) is 6.77. The van der Waals surface area contributed by atoms with Gasteiger partial charge in [-0.3, -0.25) is 4.98 Å². The highest BCUT2D eigenvalue weighted by atomic mass is 15.4. The smallest absolute Gasteiger partial charge is 0.150 e. The fourth-order valence-corrected chi connectivity index (χ4v) is 2.24. The number of aryl methyl sites for hydroxylation is 2. The maximum atomic E-state index is 6.16. The highest BCUT2D eigenvalue weighted by molar-refractivity contribution is 5.18. The van der Waals surface area contributed by atoms with Crippen molar-refractivity contribution < 1.29 is 0 Å². The molecule has 0 saturated carbocycles. The predicted molar refractivity (Wildman–Crippen MR) is 74.8 cm³/mol. The summed E-state index contributed by atoms with van der Waals surface area (Å²) in [6.07, 6.45) is 5.29. The van der Waals surface area contributed by atoms with Crippen LogP contribution in [0.4, 0.5) is 0 Å². The van der Waals surface area contributed by atoms with Gasteiger partial charge in [0, 0.05) is 31.3 Å². The van der Waals surface area contributed by atoms with Gasteiger partial charge in [-0.2, -0.15) is 5.10 Å². The zero-order valence-corrected chi connectivity index (χ0v) is 11.7. The molecule has 0 aliphatic carbocycles. The molecule has 2 rings (SSSR count). The van der Waals surface area contributed by atoms with Crippen LogP contribution in [0.2, 0.25) is 0 Å². The van der Waals surface area contributed by atoms with Crippen molar-refractivity contribution in [1.82, 2.24) is 19.7 Å². The molecule has 0 saturated heterocycles. The largest absolute Gasteiger partial charge is 0.326 e. The molecule has 0 aliphatic rings. The molecule has 2 aromatic heterocycles. The average Bonchev–Trinajstić information content (AvgIpc) is 2.83. The Balaban J connectivity index is 2.48. The van der Waals surface area contributed by atoms with Crippen molar-refractivity contribution in [3.8, 4) is 0 Å². The van der Waals surface area contributed by atoms with E-state index in [1.807, 2.05) is 29.9 Å². The summed E-state index contributed by atoms with van der Waals surface area (Å²) in [5, 5.41) is 4.60. The zero-order valence-electron chi connectivity index (χ0n) is 11.7. The molecule has 2 aromatic rings. The fraction of sp³-hybridized carbons (Fsp3) is 0.500. The van der Waals surface area contributed by atoms with Crippen LogP contribution in [-0.2, 0) is 12.8 Å². The van der Waals surface area contributed by atoms with Crippen LogP contribution in [0, 0.1) is 0 Å². The molecule has 0 aliphatic heterocycles. The molecular formula is C14H21N5. The van der Waals surface area contributed by atoms with Crippen LogP contribution in [0.15, 0.2) is 24.5 Å². The lowest BCUT2D eigenvalue weighted by Crippen LogP contribution is -2.32. The molecule has 0 amide bonds. The van der Waals surface area contributed by atoms with Crippen LogP contribution in [0.25, 0.3) is 0 Å². The average molecular weight is 259 g/mol. The predicted octanol–water partition coefficient (Wildman–Crippen LogP) is 1.73. The lowest BCUT2D eigenvalue weighted by Gasteiger charge is -2.22. The molecule has 0 fully saturated rings. The summed E-state index contributed by atoms with van der Waals surface area (Å²) in [7, 11) is 0. The van der Waals surface area contributed by atoms with Crippen molar-refractivity contribution >= 4 is 0 Å². The number of nitrogens with zero attached hydrogens (tertiary/aromatic N) is 4. The van der Waals surface area contributed by atoms with Gasteiger partial charge in [0.25, 0.3) is 0 Å². The third-order valence-corrected chi connectivity index (χ3v) is 3.17. The van der Waals surface area contributed by atoms with Crippen LogP contribution in [0.1, 0.15) is 44.0 Å². The Hall–Kier alpha value is -1.75. The second-order valence-corrected chi connectivity index (χ2v) is 4.69. The first-order chi connectivity index (χ1) is 9.17. The molecule has 5 heteroatoms. The monoisotopic (exact) mass is 259 g/mol. The number of aromatic nitrogens is 4. The molecule has 0 radical (unpaired) electrons. The van der Waals surface area contributed by atoms with Gasteiger partial charge < -0.3 is 5.73 Å². The van der Waals surface area contributed by atoms with Crippen LogP contribution in [-0.4, -0.2) is 25.8 Å². The van der Waals surface area contributed by atoms with E-state index in [9.17, 15) is 0 Å². The molecule has 2 unspecified atom stereocenters. The number of hydrogen-bond acceptors (Lipinski definition) is 4. The van der Waals surface area contributed by atoms with E-state index < -0.39 is 0 Å². The van der Waals surface area contributed by atoms with Crippen molar-refractivity contribution in [1.29, 1.82) is 0 Å². The van der Waals surface area contributed by atoms with E-state index in [1.54, 1.807) is 6.20 Å². The Kier molecular flexibility index (Phi) is 4.27. The van der Waals surface area contributed by atoms with Crippen LogP contribution in [0.3, 0.4) is 0 Å². The van der Waals surface area contributed by atoms with E-state index in [2.05, 4.69) is 28.9 Å². The Morgan fingerprint density at radius 2 is 2.11 bits per heavy atom. The quantitative estimate of drug-likeness (QED) is 0.888. The van der Waals surface area contributed by atoms with Crippen LogP contribution < -0.4 is 5.73 Å². The number of nitrogens with two attached hydrogens (primary N) is 1. The highest BCUT2D eigenvalue weighted by Gasteiger charge is 2.23.